The largest absolute Gasteiger partial charge is 0.481 e. The summed E-state index contributed by atoms with van der Waals surface area (Å²) in [5.41, 5.74) is 4.77. The van der Waals surface area contributed by atoms with Gasteiger partial charge < -0.3 is 20.5 Å². The van der Waals surface area contributed by atoms with Crippen LogP contribution in [0.1, 0.15) is 56.1 Å². The van der Waals surface area contributed by atoms with Crippen molar-refractivity contribution in [3.63, 3.8) is 0 Å². The summed E-state index contributed by atoms with van der Waals surface area (Å²) in [7, 11) is 0. The second-order valence-corrected chi connectivity index (χ2v) is 9.43. The van der Waals surface area contributed by atoms with Crippen LogP contribution in [0, 0.1) is 11.8 Å². The number of carbonyl (C=O) groups excluding carboxylic acids is 2. The standard InChI is InChI=1S/C27H32N2O5/c1-17(14-25(30)31)29-26(32)19-12-10-18(11-13-19)15-28-27(33)34-16-24-22-8-4-2-6-20(22)21-7-3-5-9-23(21)24/h2-9,17-19,24H,10-16H2,1H3,(H,28,33)(H,29,32)(H,30,31)/t17-,18?,19?/m1/s1. The summed E-state index contributed by atoms with van der Waals surface area (Å²) < 4.78 is 5.60. The van der Waals surface area contributed by atoms with Crippen molar-refractivity contribution < 1.29 is 24.2 Å². The van der Waals surface area contributed by atoms with E-state index in [1.165, 1.54) is 22.3 Å². The molecule has 0 spiro atoms. The number of carboxylic acids is 1. The number of hydrogen-bond donors (Lipinski definition) is 3. The first-order valence-electron chi connectivity index (χ1n) is 12.0. The second-order valence-electron chi connectivity index (χ2n) is 9.43. The van der Waals surface area contributed by atoms with E-state index in [1.54, 1.807) is 6.92 Å². The fourth-order valence-corrected chi connectivity index (χ4v) is 5.18. The molecular weight excluding hydrogens is 432 g/mol. The van der Waals surface area contributed by atoms with Gasteiger partial charge in [0.1, 0.15) is 6.61 Å². The van der Waals surface area contributed by atoms with Crippen LogP contribution in [-0.4, -0.2) is 42.3 Å². The summed E-state index contributed by atoms with van der Waals surface area (Å²) >= 11 is 0. The van der Waals surface area contributed by atoms with E-state index in [4.69, 9.17) is 9.84 Å². The van der Waals surface area contributed by atoms with Crippen molar-refractivity contribution in [3.8, 4) is 11.1 Å². The van der Waals surface area contributed by atoms with Crippen LogP contribution in [0.15, 0.2) is 48.5 Å². The zero-order valence-electron chi connectivity index (χ0n) is 19.5. The van der Waals surface area contributed by atoms with Gasteiger partial charge in [-0.05, 0) is 60.8 Å². The van der Waals surface area contributed by atoms with Gasteiger partial charge in [0.25, 0.3) is 0 Å². The number of nitrogens with one attached hydrogen (secondary N) is 2. The lowest BCUT2D eigenvalue weighted by Gasteiger charge is -2.28. The maximum atomic E-state index is 12.4. The first-order valence-corrected chi connectivity index (χ1v) is 12.0. The highest BCUT2D eigenvalue weighted by molar-refractivity contribution is 5.80. The number of benzene rings is 2. The van der Waals surface area contributed by atoms with Crippen molar-refractivity contribution in [2.24, 2.45) is 11.8 Å². The number of carbonyl (C=O) groups is 3. The number of rotatable bonds is 8. The van der Waals surface area contributed by atoms with Crippen molar-refractivity contribution in [3.05, 3.63) is 59.7 Å². The zero-order chi connectivity index (χ0) is 24.1. The molecule has 1 fully saturated rings. The minimum atomic E-state index is -0.921. The van der Waals surface area contributed by atoms with E-state index in [0.717, 1.165) is 25.7 Å². The Hall–Kier alpha value is -3.35. The van der Waals surface area contributed by atoms with Crippen molar-refractivity contribution >= 4 is 18.0 Å². The van der Waals surface area contributed by atoms with E-state index in [1.807, 2.05) is 24.3 Å². The van der Waals surface area contributed by atoms with E-state index < -0.39 is 12.1 Å². The third kappa shape index (κ3) is 5.58. The molecule has 2 aromatic rings. The van der Waals surface area contributed by atoms with Crippen molar-refractivity contribution in [1.29, 1.82) is 0 Å². The monoisotopic (exact) mass is 464 g/mol. The molecule has 3 N–H and O–H groups in total. The van der Waals surface area contributed by atoms with Gasteiger partial charge in [-0.2, -0.15) is 0 Å². The van der Waals surface area contributed by atoms with Crippen molar-refractivity contribution in [1.82, 2.24) is 10.6 Å². The fraction of sp³-hybridized carbons (Fsp3) is 0.444. The topological polar surface area (TPSA) is 105 Å². The molecule has 0 saturated heterocycles. The number of aliphatic carboxylic acids is 1. The maximum absolute atomic E-state index is 12.4. The van der Waals surface area contributed by atoms with Gasteiger partial charge in [-0.1, -0.05) is 48.5 Å². The second kappa shape index (κ2) is 10.7. The number of amides is 2. The van der Waals surface area contributed by atoms with Gasteiger partial charge in [0.05, 0.1) is 6.42 Å². The summed E-state index contributed by atoms with van der Waals surface area (Å²) in [6.07, 6.45) is 2.67. The van der Waals surface area contributed by atoms with Crippen LogP contribution in [0.2, 0.25) is 0 Å². The average Bonchev–Trinajstić information content (AvgIpc) is 3.15. The van der Waals surface area contributed by atoms with Crippen LogP contribution >= 0.6 is 0 Å². The molecule has 1 atom stereocenters. The van der Waals surface area contributed by atoms with Gasteiger partial charge in [-0.15, -0.1) is 0 Å². The molecule has 7 nitrogen and oxygen atoms in total. The Bertz CT molecular complexity index is 999. The Balaban J connectivity index is 1.20. The van der Waals surface area contributed by atoms with Crippen LogP contribution in [-0.2, 0) is 14.3 Å². The first-order chi connectivity index (χ1) is 16.4. The molecule has 0 unspecified atom stereocenters. The summed E-state index contributed by atoms with van der Waals surface area (Å²) in [5.74, 6) is -0.744. The lowest BCUT2D eigenvalue weighted by atomic mass is 9.81. The molecule has 34 heavy (non-hydrogen) atoms. The third-order valence-electron chi connectivity index (χ3n) is 6.97. The number of ether oxygens (including phenoxy) is 1. The van der Waals surface area contributed by atoms with Gasteiger partial charge in [0.2, 0.25) is 5.91 Å². The van der Waals surface area contributed by atoms with Crippen molar-refractivity contribution in [2.45, 2.75) is 51.0 Å². The Labute approximate surface area is 199 Å². The molecule has 4 rings (SSSR count). The highest BCUT2D eigenvalue weighted by Crippen LogP contribution is 2.44. The van der Waals surface area contributed by atoms with E-state index in [-0.39, 0.29) is 30.2 Å². The molecule has 2 aliphatic rings. The average molecular weight is 465 g/mol. The summed E-state index contributed by atoms with van der Waals surface area (Å²) in [6, 6.07) is 16.1. The number of fused-ring (bicyclic) bond motifs is 3. The van der Waals surface area contributed by atoms with Gasteiger partial charge in [0.15, 0.2) is 0 Å². The molecule has 180 valence electrons. The molecule has 0 aliphatic heterocycles. The third-order valence-corrected chi connectivity index (χ3v) is 6.97. The number of carboxylic acid groups (broad SMARTS) is 1. The van der Waals surface area contributed by atoms with Crippen LogP contribution in [0.25, 0.3) is 11.1 Å². The van der Waals surface area contributed by atoms with E-state index in [0.29, 0.717) is 19.1 Å². The number of hydrogen-bond acceptors (Lipinski definition) is 4. The number of alkyl carbamates (subject to hydrolysis) is 1. The van der Waals surface area contributed by atoms with Gasteiger partial charge in [-0.3, -0.25) is 9.59 Å². The molecule has 2 aromatic carbocycles. The van der Waals surface area contributed by atoms with E-state index in [2.05, 4.69) is 34.9 Å². The lowest BCUT2D eigenvalue weighted by Crippen LogP contribution is -2.40. The molecule has 0 aromatic heterocycles. The highest BCUT2D eigenvalue weighted by Gasteiger charge is 2.30. The van der Waals surface area contributed by atoms with Crippen LogP contribution < -0.4 is 10.6 Å². The molecule has 0 bridgehead atoms. The van der Waals surface area contributed by atoms with E-state index in [9.17, 15) is 14.4 Å². The quantitative estimate of drug-likeness (QED) is 0.540. The molecular formula is C27H32N2O5. The minimum absolute atomic E-state index is 0.0376. The maximum Gasteiger partial charge on any atom is 0.407 e. The Morgan fingerprint density at radius 2 is 1.56 bits per heavy atom. The van der Waals surface area contributed by atoms with Crippen LogP contribution in [0.4, 0.5) is 4.79 Å². The molecule has 2 amide bonds. The van der Waals surface area contributed by atoms with Gasteiger partial charge in [0, 0.05) is 24.4 Å². The smallest absolute Gasteiger partial charge is 0.407 e. The predicted molar refractivity (Wildman–Crippen MR) is 128 cm³/mol. The minimum Gasteiger partial charge on any atom is -0.481 e. The highest BCUT2D eigenvalue weighted by atomic mass is 16.5. The predicted octanol–water partition coefficient (Wildman–Crippen LogP) is 4.31. The molecule has 1 saturated carbocycles. The normalized spacial score (nSPS) is 20.0. The van der Waals surface area contributed by atoms with E-state index >= 15 is 0 Å². The molecule has 7 heteroatoms. The Kier molecular flexibility index (Phi) is 7.50. The lowest BCUT2D eigenvalue weighted by molar-refractivity contribution is -0.137. The zero-order valence-corrected chi connectivity index (χ0v) is 19.5. The van der Waals surface area contributed by atoms with Crippen molar-refractivity contribution in [2.75, 3.05) is 13.2 Å². The first kappa shape index (κ1) is 23.8. The van der Waals surface area contributed by atoms with Gasteiger partial charge in [-0.25, -0.2) is 4.79 Å². The SMILES string of the molecule is C[C@H](CC(=O)O)NC(=O)C1CCC(CNC(=O)OCC2c3ccccc3-c3ccccc32)CC1. The summed E-state index contributed by atoms with van der Waals surface area (Å²) in [6.45, 7) is 2.53. The summed E-state index contributed by atoms with van der Waals surface area (Å²) in [5, 5.41) is 14.5. The summed E-state index contributed by atoms with van der Waals surface area (Å²) in [4.78, 5) is 35.5. The van der Waals surface area contributed by atoms with Gasteiger partial charge >= 0.3 is 12.1 Å². The Morgan fingerprint density at radius 1 is 0.971 bits per heavy atom. The fourth-order valence-electron chi connectivity index (χ4n) is 5.18. The Morgan fingerprint density at radius 3 is 2.15 bits per heavy atom. The van der Waals surface area contributed by atoms with Crippen LogP contribution in [0.3, 0.4) is 0 Å². The molecule has 0 heterocycles. The molecule has 0 radical (unpaired) electrons. The van der Waals surface area contributed by atoms with Crippen LogP contribution in [0.5, 0.6) is 0 Å². The molecule has 2 aliphatic carbocycles.